The lowest BCUT2D eigenvalue weighted by molar-refractivity contribution is 0.461. The number of rotatable bonds is 7. The van der Waals surface area contributed by atoms with Crippen molar-refractivity contribution in [1.29, 1.82) is 0 Å². The molecule has 0 aliphatic carbocycles. The van der Waals surface area contributed by atoms with E-state index in [4.69, 9.17) is 0 Å². The molecule has 0 bridgehead atoms. The predicted octanol–water partition coefficient (Wildman–Crippen LogP) is 5.80. The lowest BCUT2D eigenvalue weighted by atomic mass is 10.1. The van der Waals surface area contributed by atoms with Gasteiger partial charge in [0.2, 0.25) is 0 Å². The molecule has 0 spiro atoms. The van der Waals surface area contributed by atoms with Gasteiger partial charge in [-0.3, -0.25) is 0 Å². The smallest absolute Gasteiger partial charge is 0.130 e. The van der Waals surface area contributed by atoms with Gasteiger partial charge in [0.15, 0.2) is 0 Å². The zero-order chi connectivity index (χ0) is 15.9. The third kappa shape index (κ3) is 4.62. The van der Waals surface area contributed by atoms with Crippen molar-refractivity contribution in [3.63, 3.8) is 0 Å². The van der Waals surface area contributed by atoms with E-state index in [9.17, 15) is 10.2 Å². The molecule has 0 amide bonds. The minimum Gasteiger partial charge on any atom is -0.507 e. The van der Waals surface area contributed by atoms with Crippen LogP contribution in [0.4, 0.5) is 0 Å². The molecule has 4 heteroatoms. The minimum absolute atomic E-state index is 0.293. The number of aromatic hydroxyl groups is 2. The summed E-state index contributed by atoms with van der Waals surface area (Å²) in [6.07, 6.45) is 4.19. The summed E-state index contributed by atoms with van der Waals surface area (Å²) in [4.78, 5) is 1.69. The molecule has 118 valence electrons. The van der Waals surface area contributed by atoms with Crippen molar-refractivity contribution in [1.82, 2.24) is 0 Å². The Morgan fingerprint density at radius 1 is 0.727 bits per heavy atom. The first kappa shape index (κ1) is 17.1. The number of phenols is 2. The number of phenolic OH excluding ortho intramolecular Hbond substituents is 2. The summed E-state index contributed by atoms with van der Waals surface area (Å²) in [7, 11) is 2.98. The second kappa shape index (κ2) is 8.39. The highest BCUT2D eigenvalue weighted by atomic mass is 33.1. The molecule has 0 fully saturated rings. The maximum Gasteiger partial charge on any atom is 0.130 e. The van der Waals surface area contributed by atoms with Crippen LogP contribution in [0.15, 0.2) is 46.2 Å². The van der Waals surface area contributed by atoms with Gasteiger partial charge < -0.3 is 10.2 Å². The van der Waals surface area contributed by atoms with Gasteiger partial charge in [-0.15, -0.1) is 0 Å². The lowest BCUT2D eigenvalue weighted by Gasteiger charge is -2.09. The topological polar surface area (TPSA) is 40.5 Å². The van der Waals surface area contributed by atoms with Gasteiger partial charge in [-0.2, -0.15) is 0 Å². The average molecular weight is 335 g/mol. The summed E-state index contributed by atoms with van der Waals surface area (Å²) in [5.41, 5.74) is 2.46. The van der Waals surface area contributed by atoms with Gasteiger partial charge in [-0.05, 0) is 69.8 Å². The molecule has 2 rings (SSSR count). The second-order valence-electron chi connectivity index (χ2n) is 5.27. The van der Waals surface area contributed by atoms with Gasteiger partial charge in [0.25, 0.3) is 0 Å². The van der Waals surface area contributed by atoms with Gasteiger partial charge in [-0.25, -0.2) is 0 Å². The number of hydrogen-bond acceptors (Lipinski definition) is 4. The molecule has 0 unspecified atom stereocenters. The molecule has 22 heavy (non-hydrogen) atoms. The fourth-order valence-corrected chi connectivity index (χ4v) is 4.45. The first-order valence-corrected chi connectivity index (χ1v) is 9.77. The minimum atomic E-state index is 0.293. The van der Waals surface area contributed by atoms with E-state index in [0.717, 1.165) is 35.5 Å². The van der Waals surface area contributed by atoms with Crippen LogP contribution < -0.4 is 0 Å². The SMILES string of the molecule is CCCc1ccc(O)c(SSc2cc(CCC)ccc2O)c1. The molecule has 0 saturated carbocycles. The molecule has 2 aromatic carbocycles. The average Bonchev–Trinajstić information content (AvgIpc) is 2.51. The summed E-state index contributed by atoms with van der Waals surface area (Å²) in [6.45, 7) is 4.29. The van der Waals surface area contributed by atoms with E-state index in [1.807, 2.05) is 24.3 Å². The molecule has 0 saturated heterocycles. The van der Waals surface area contributed by atoms with Crippen LogP contribution in [-0.4, -0.2) is 10.2 Å². The van der Waals surface area contributed by atoms with Crippen molar-refractivity contribution in [2.45, 2.75) is 49.3 Å². The van der Waals surface area contributed by atoms with Gasteiger partial charge >= 0.3 is 0 Å². The van der Waals surface area contributed by atoms with Crippen molar-refractivity contribution < 1.29 is 10.2 Å². The van der Waals surface area contributed by atoms with Crippen LogP contribution in [0.2, 0.25) is 0 Å². The van der Waals surface area contributed by atoms with E-state index in [1.54, 1.807) is 12.1 Å². The number of hydrogen-bond donors (Lipinski definition) is 2. The summed E-state index contributed by atoms with van der Waals surface area (Å²) in [5.74, 6) is 0.586. The van der Waals surface area contributed by atoms with Crippen molar-refractivity contribution in [2.75, 3.05) is 0 Å². The fraction of sp³-hybridized carbons (Fsp3) is 0.333. The summed E-state index contributed by atoms with van der Waals surface area (Å²) in [5, 5.41) is 20.0. The molecule has 0 aliphatic heterocycles. The zero-order valence-corrected chi connectivity index (χ0v) is 14.6. The third-order valence-electron chi connectivity index (χ3n) is 3.35. The zero-order valence-electron chi connectivity index (χ0n) is 13.0. The van der Waals surface area contributed by atoms with Crippen LogP contribution in [0.1, 0.15) is 37.8 Å². The van der Waals surface area contributed by atoms with Crippen LogP contribution >= 0.6 is 21.6 Å². The van der Waals surface area contributed by atoms with Crippen molar-refractivity contribution in [3.8, 4) is 11.5 Å². The van der Waals surface area contributed by atoms with Crippen LogP contribution in [0.3, 0.4) is 0 Å². The Morgan fingerprint density at radius 2 is 1.14 bits per heavy atom. The first-order valence-electron chi connectivity index (χ1n) is 7.62. The standard InChI is InChI=1S/C18H22O2S2/c1-3-5-13-7-9-15(19)17(11-13)21-22-18-12-14(6-4-2)8-10-16(18)20/h7-12,19-20H,3-6H2,1-2H3. The molecular weight excluding hydrogens is 312 g/mol. The summed E-state index contributed by atoms with van der Waals surface area (Å²) in [6, 6.07) is 11.5. The Balaban J connectivity index is 2.12. The van der Waals surface area contributed by atoms with Crippen LogP contribution in [-0.2, 0) is 12.8 Å². The highest BCUT2D eigenvalue weighted by Crippen LogP contribution is 2.45. The Kier molecular flexibility index (Phi) is 6.52. The molecule has 0 radical (unpaired) electrons. The van der Waals surface area contributed by atoms with Crippen molar-refractivity contribution in [3.05, 3.63) is 47.5 Å². The Morgan fingerprint density at radius 3 is 1.50 bits per heavy atom. The molecule has 2 aromatic rings. The molecular formula is C18H22O2S2. The van der Waals surface area contributed by atoms with E-state index in [-0.39, 0.29) is 0 Å². The molecule has 0 aromatic heterocycles. The van der Waals surface area contributed by atoms with E-state index in [2.05, 4.69) is 13.8 Å². The molecule has 0 aliphatic rings. The maximum atomic E-state index is 9.99. The van der Waals surface area contributed by atoms with E-state index in [0.29, 0.717) is 11.5 Å². The third-order valence-corrected chi connectivity index (χ3v) is 5.77. The van der Waals surface area contributed by atoms with Crippen molar-refractivity contribution in [2.24, 2.45) is 0 Å². The number of benzene rings is 2. The Hall–Kier alpha value is -1.26. The monoisotopic (exact) mass is 334 g/mol. The second-order valence-corrected chi connectivity index (χ2v) is 7.48. The van der Waals surface area contributed by atoms with Crippen LogP contribution in [0, 0.1) is 0 Å². The van der Waals surface area contributed by atoms with Crippen molar-refractivity contribution >= 4 is 21.6 Å². The molecule has 0 heterocycles. The van der Waals surface area contributed by atoms with Gasteiger partial charge in [0, 0.05) is 0 Å². The molecule has 2 nitrogen and oxygen atoms in total. The summed E-state index contributed by atoms with van der Waals surface area (Å²) >= 11 is 0. The Labute approximate surface area is 140 Å². The van der Waals surface area contributed by atoms with E-state index < -0.39 is 0 Å². The highest BCUT2D eigenvalue weighted by molar-refractivity contribution is 8.76. The number of aryl methyl sites for hydroxylation is 2. The maximum absolute atomic E-state index is 9.99. The van der Waals surface area contributed by atoms with Gasteiger partial charge in [-0.1, -0.05) is 38.8 Å². The normalized spacial score (nSPS) is 10.8. The van der Waals surface area contributed by atoms with Gasteiger partial charge in [0.1, 0.15) is 11.5 Å². The van der Waals surface area contributed by atoms with E-state index in [1.165, 1.54) is 32.7 Å². The lowest BCUT2D eigenvalue weighted by Crippen LogP contribution is -1.85. The largest absolute Gasteiger partial charge is 0.507 e. The van der Waals surface area contributed by atoms with Crippen LogP contribution in [0.25, 0.3) is 0 Å². The molecule has 0 atom stereocenters. The van der Waals surface area contributed by atoms with Gasteiger partial charge in [0.05, 0.1) is 9.79 Å². The predicted molar refractivity (Wildman–Crippen MR) is 95.9 cm³/mol. The summed E-state index contributed by atoms with van der Waals surface area (Å²) < 4.78 is 0. The van der Waals surface area contributed by atoms with E-state index >= 15 is 0 Å². The fourth-order valence-electron chi connectivity index (χ4n) is 2.23. The van der Waals surface area contributed by atoms with Crippen LogP contribution in [0.5, 0.6) is 11.5 Å². The quantitative estimate of drug-likeness (QED) is 0.628. The highest BCUT2D eigenvalue weighted by Gasteiger charge is 2.08. The Bertz CT molecular complexity index is 571. The molecule has 2 N–H and O–H groups in total. The first-order chi connectivity index (χ1) is 10.6.